The minimum absolute atomic E-state index is 0.362. The van der Waals surface area contributed by atoms with Gasteiger partial charge >= 0.3 is 5.97 Å². The smallest absolute Gasteiger partial charge is 0.345 e. The van der Waals surface area contributed by atoms with Gasteiger partial charge in [0, 0.05) is 6.42 Å². The Labute approximate surface area is 131 Å². The average Bonchev–Trinajstić information content (AvgIpc) is 2.40. The van der Waals surface area contributed by atoms with Gasteiger partial charge in [-0.25, -0.2) is 4.79 Å². The molecule has 3 heteroatoms. The maximum Gasteiger partial charge on any atom is 0.345 e. The van der Waals surface area contributed by atoms with Crippen LogP contribution in [-0.2, 0) is 11.2 Å². The van der Waals surface area contributed by atoms with E-state index in [0.717, 1.165) is 27.8 Å². The zero-order valence-corrected chi connectivity index (χ0v) is 13.5. The van der Waals surface area contributed by atoms with Crippen LogP contribution in [0.25, 0.3) is 0 Å². The molecule has 3 nitrogen and oxygen atoms in total. The van der Waals surface area contributed by atoms with Crippen molar-refractivity contribution in [3.8, 4) is 5.75 Å². The van der Waals surface area contributed by atoms with E-state index >= 15 is 0 Å². The number of aliphatic carboxylic acids is 1. The predicted octanol–water partition coefficient (Wildman–Crippen LogP) is 3.99. The van der Waals surface area contributed by atoms with Crippen molar-refractivity contribution < 1.29 is 14.6 Å². The molecule has 0 saturated carbocycles. The minimum atomic E-state index is -0.943. The second kappa shape index (κ2) is 6.65. The van der Waals surface area contributed by atoms with Crippen molar-refractivity contribution in [1.29, 1.82) is 0 Å². The zero-order valence-electron chi connectivity index (χ0n) is 13.5. The van der Waals surface area contributed by atoms with E-state index in [4.69, 9.17) is 4.74 Å². The van der Waals surface area contributed by atoms with Crippen LogP contribution in [0, 0.1) is 27.7 Å². The monoisotopic (exact) mass is 298 g/mol. The number of hydrogen-bond acceptors (Lipinski definition) is 2. The summed E-state index contributed by atoms with van der Waals surface area (Å²) in [7, 11) is 0. The summed E-state index contributed by atoms with van der Waals surface area (Å²) in [5, 5.41) is 9.49. The quantitative estimate of drug-likeness (QED) is 0.907. The molecule has 2 rings (SSSR count). The second-order valence-electron chi connectivity index (χ2n) is 5.84. The molecular weight excluding hydrogens is 276 g/mol. The van der Waals surface area contributed by atoms with E-state index in [1.165, 1.54) is 0 Å². The number of ether oxygens (including phenoxy) is 1. The number of hydrogen-bond donors (Lipinski definition) is 1. The Hall–Kier alpha value is -2.29. The van der Waals surface area contributed by atoms with E-state index in [2.05, 4.69) is 0 Å². The van der Waals surface area contributed by atoms with Crippen LogP contribution in [0.4, 0.5) is 0 Å². The zero-order chi connectivity index (χ0) is 16.3. The Balaban J connectivity index is 2.26. The van der Waals surface area contributed by atoms with Crippen LogP contribution < -0.4 is 4.74 Å². The standard InChI is InChI=1S/C19H22O3/c1-12-8-13(2)10-16(9-12)22-18(19(20)21)11-17-14(3)6-5-7-15(17)4/h5-10,18H,11H2,1-4H3,(H,20,21)/t18-/m1/s1. The van der Waals surface area contributed by atoms with Crippen LogP contribution in [0.3, 0.4) is 0 Å². The first-order chi connectivity index (χ1) is 10.4. The molecule has 0 radical (unpaired) electrons. The number of carboxylic acid groups (broad SMARTS) is 1. The number of benzene rings is 2. The van der Waals surface area contributed by atoms with Gasteiger partial charge in [-0.1, -0.05) is 24.3 Å². The largest absolute Gasteiger partial charge is 0.478 e. The molecule has 0 unspecified atom stereocenters. The minimum Gasteiger partial charge on any atom is -0.478 e. The lowest BCUT2D eigenvalue weighted by Gasteiger charge is -2.18. The normalized spacial score (nSPS) is 12.0. The van der Waals surface area contributed by atoms with E-state index in [-0.39, 0.29) is 0 Å². The third-order valence-electron chi connectivity index (χ3n) is 3.78. The Morgan fingerprint density at radius 1 is 1.05 bits per heavy atom. The van der Waals surface area contributed by atoms with Crippen molar-refractivity contribution in [2.45, 2.75) is 40.2 Å². The second-order valence-corrected chi connectivity index (χ2v) is 5.84. The summed E-state index contributed by atoms with van der Waals surface area (Å²) in [5.41, 5.74) is 5.35. The lowest BCUT2D eigenvalue weighted by molar-refractivity contribution is -0.145. The van der Waals surface area contributed by atoms with Crippen LogP contribution in [0.15, 0.2) is 36.4 Å². The summed E-state index contributed by atoms with van der Waals surface area (Å²) < 4.78 is 5.75. The fourth-order valence-electron chi connectivity index (χ4n) is 2.70. The van der Waals surface area contributed by atoms with Crippen molar-refractivity contribution in [3.63, 3.8) is 0 Å². The van der Waals surface area contributed by atoms with Crippen LogP contribution in [-0.4, -0.2) is 17.2 Å². The summed E-state index contributed by atoms with van der Waals surface area (Å²) in [5.74, 6) is -0.335. The highest BCUT2D eigenvalue weighted by molar-refractivity contribution is 5.73. The number of rotatable bonds is 5. The molecule has 116 valence electrons. The van der Waals surface area contributed by atoms with Gasteiger partial charge in [0.1, 0.15) is 5.75 Å². The molecule has 2 aromatic carbocycles. The molecule has 0 aliphatic rings. The van der Waals surface area contributed by atoms with Gasteiger partial charge in [-0.3, -0.25) is 0 Å². The number of carbonyl (C=O) groups is 1. The first-order valence-electron chi connectivity index (χ1n) is 7.39. The predicted molar refractivity (Wildman–Crippen MR) is 87.6 cm³/mol. The van der Waals surface area contributed by atoms with Gasteiger partial charge < -0.3 is 9.84 Å². The van der Waals surface area contributed by atoms with Gasteiger partial charge in [-0.15, -0.1) is 0 Å². The molecule has 0 aliphatic heterocycles. The molecule has 22 heavy (non-hydrogen) atoms. The van der Waals surface area contributed by atoms with Crippen molar-refractivity contribution in [2.24, 2.45) is 0 Å². The van der Waals surface area contributed by atoms with E-state index in [0.29, 0.717) is 12.2 Å². The van der Waals surface area contributed by atoms with Gasteiger partial charge in [0.25, 0.3) is 0 Å². The van der Waals surface area contributed by atoms with Gasteiger partial charge in [0.15, 0.2) is 6.10 Å². The van der Waals surface area contributed by atoms with Crippen molar-refractivity contribution in [2.75, 3.05) is 0 Å². The van der Waals surface area contributed by atoms with E-state index in [1.807, 2.05) is 64.1 Å². The topological polar surface area (TPSA) is 46.5 Å². The molecule has 0 amide bonds. The van der Waals surface area contributed by atoms with Crippen LogP contribution >= 0.6 is 0 Å². The van der Waals surface area contributed by atoms with E-state index < -0.39 is 12.1 Å². The third kappa shape index (κ3) is 3.88. The summed E-state index contributed by atoms with van der Waals surface area (Å²) in [6.07, 6.45) is -0.526. The van der Waals surface area contributed by atoms with Crippen molar-refractivity contribution in [1.82, 2.24) is 0 Å². The Kier molecular flexibility index (Phi) is 4.86. The SMILES string of the molecule is Cc1cc(C)cc(O[C@H](Cc2c(C)cccc2C)C(=O)O)c1. The lowest BCUT2D eigenvalue weighted by atomic mass is 9.97. The fraction of sp³-hybridized carbons (Fsp3) is 0.316. The molecule has 1 atom stereocenters. The highest BCUT2D eigenvalue weighted by Crippen LogP contribution is 2.21. The van der Waals surface area contributed by atoms with Crippen LogP contribution in [0.1, 0.15) is 27.8 Å². The molecule has 0 aromatic heterocycles. The summed E-state index contributed by atoms with van der Waals surface area (Å²) in [4.78, 5) is 11.6. The van der Waals surface area contributed by atoms with Crippen LogP contribution in [0.2, 0.25) is 0 Å². The highest BCUT2D eigenvalue weighted by atomic mass is 16.5. The van der Waals surface area contributed by atoms with Gasteiger partial charge in [-0.05, 0) is 67.6 Å². The van der Waals surface area contributed by atoms with Gasteiger partial charge in [-0.2, -0.15) is 0 Å². The highest BCUT2D eigenvalue weighted by Gasteiger charge is 2.22. The number of aryl methyl sites for hydroxylation is 4. The Bertz CT molecular complexity index is 649. The summed E-state index contributed by atoms with van der Waals surface area (Å²) >= 11 is 0. The molecular formula is C19H22O3. The fourth-order valence-corrected chi connectivity index (χ4v) is 2.70. The molecule has 2 aromatic rings. The maximum atomic E-state index is 11.6. The molecule has 0 bridgehead atoms. The number of carboxylic acids is 1. The Morgan fingerprint density at radius 3 is 2.09 bits per heavy atom. The van der Waals surface area contributed by atoms with Gasteiger partial charge in [0.2, 0.25) is 0 Å². The molecule has 0 saturated heterocycles. The molecule has 1 N–H and O–H groups in total. The van der Waals surface area contributed by atoms with E-state index in [9.17, 15) is 9.90 Å². The van der Waals surface area contributed by atoms with Crippen molar-refractivity contribution in [3.05, 3.63) is 64.2 Å². The third-order valence-corrected chi connectivity index (χ3v) is 3.78. The lowest BCUT2D eigenvalue weighted by Crippen LogP contribution is -2.30. The first kappa shape index (κ1) is 16.1. The first-order valence-corrected chi connectivity index (χ1v) is 7.39. The molecule has 0 fully saturated rings. The van der Waals surface area contributed by atoms with E-state index in [1.54, 1.807) is 0 Å². The van der Waals surface area contributed by atoms with Crippen LogP contribution in [0.5, 0.6) is 5.75 Å². The maximum absolute atomic E-state index is 11.6. The molecule has 0 aliphatic carbocycles. The summed E-state index contributed by atoms with van der Waals surface area (Å²) in [6.45, 7) is 7.94. The molecule has 0 spiro atoms. The molecule has 0 heterocycles. The van der Waals surface area contributed by atoms with Gasteiger partial charge in [0.05, 0.1) is 0 Å². The average molecular weight is 298 g/mol. The van der Waals surface area contributed by atoms with Crippen molar-refractivity contribution >= 4 is 5.97 Å². The summed E-state index contributed by atoms with van der Waals surface area (Å²) in [6, 6.07) is 11.8. The Morgan fingerprint density at radius 2 is 1.59 bits per heavy atom.